The van der Waals surface area contributed by atoms with Gasteiger partial charge >= 0.3 is 0 Å². The molecule has 0 unspecified atom stereocenters. The summed E-state index contributed by atoms with van der Waals surface area (Å²) in [6, 6.07) is 10.3. The number of hydrogen-bond acceptors (Lipinski definition) is 6. The standard InChI is InChI=1S/C20H8O5S/c21-8-5-6-11-12(7-8)16(23)14-13-15(22)9-3-1-2-4-10(9)17(24)19(13)26-20(14)18(11)25/h1-7,21H. The first-order valence-electron chi connectivity index (χ1n) is 7.76. The predicted octanol–water partition coefficient (Wildman–Crippen LogP) is 2.38. The lowest BCUT2D eigenvalue weighted by Gasteiger charge is -1.99. The summed E-state index contributed by atoms with van der Waals surface area (Å²) in [6.45, 7) is 0. The van der Waals surface area contributed by atoms with E-state index in [1.807, 2.05) is 0 Å². The molecule has 1 heterocycles. The van der Waals surface area contributed by atoms with Gasteiger partial charge < -0.3 is 5.11 Å². The predicted molar refractivity (Wildman–Crippen MR) is 103 cm³/mol. The molecule has 0 aliphatic rings. The summed E-state index contributed by atoms with van der Waals surface area (Å²) in [7, 11) is 0. The van der Waals surface area contributed by atoms with Gasteiger partial charge in [-0.3, -0.25) is 19.2 Å². The quantitative estimate of drug-likeness (QED) is 0.458. The summed E-state index contributed by atoms with van der Waals surface area (Å²) in [4.78, 5) is 51.6. The molecule has 1 aromatic heterocycles. The summed E-state index contributed by atoms with van der Waals surface area (Å²) >= 11 is 0.890. The van der Waals surface area contributed by atoms with Gasteiger partial charge in [0.25, 0.3) is 0 Å². The number of phenolic OH excluding ortho intramolecular Hbond substituents is 1. The lowest BCUT2D eigenvalue weighted by molar-refractivity contribution is 0.476. The molecule has 0 amide bonds. The number of benzene rings is 4. The summed E-state index contributed by atoms with van der Waals surface area (Å²) in [5.41, 5.74) is -1.73. The molecule has 6 heteroatoms. The van der Waals surface area contributed by atoms with Crippen LogP contribution in [0.1, 0.15) is 0 Å². The maximum absolute atomic E-state index is 13.0. The van der Waals surface area contributed by atoms with Crippen LogP contribution in [0.2, 0.25) is 0 Å². The highest BCUT2D eigenvalue weighted by molar-refractivity contribution is 7.25. The Morgan fingerprint density at radius 3 is 1.73 bits per heavy atom. The molecule has 5 nitrogen and oxygen atoms in total. The van der Waals surface area contributed by atoms with Gasteiger partial charge in [-0.25, -0.2) is 0 Å². The Balaban J connectivity index is 2.23. The molecular weight excluding hydrogens is 352 g/mol. The van der Waals surface area contributed by atoms with Crippen molar-refractivity contribution >= 4 is 53.1 Å². The van der Waals surface area contributed by atoms with Gasteiger partial charge in [0.15, 0.2) is 10.9 Å². The van der Waals surface area contributed by atoms with Crippen LogP contribution in [-0.2, 0) is 0 Å². The van der Waals surface area contributed by atoms with Crippen LogP contribution in [0.5, 0.6) is 5.75 Å². The summed E-state index contributed by atoms with van der Waals surface area (Å²) in [5.74, 6) is -0.148. The second kappa shape index (κ2) is 4.83. The van der Waals surface area contributed by atoms with Crippen molar-refractivity contribution in [1.82, 2.24) is 0 Å². The third-order valence-corrected chi connectivity index (χ3v) is 5.87. The van der Waals surface area contributed by atoms with Gasteiger partial charge in [0.05, 0.1) is 20.2 Å². The van der Waals surface area contributed by atoms with E-state index >= 15 is 0 Å². The molecule has 124 valence electrons. The number of rotatable bonds is 0. The first kappa shape index (κ1) is 14.9. The Bertz CT molecular complexity index is 1620. The number of thiophene rings is 1. The highest BCUT2D eigenvalue weighted by Gasteiger charge is 2.21. The van der Waals surface area contributed by atoms with E-state index in [-0.39, 0.29) is 52.9 Å². The first-order valence-corrected chi connectivity index (χ1v) is 8.58. The average molecular weight is 360 g/mol. The van der Waals surface area contributed by atoms with Crippen molar-refractivity contribution in [3.05, 3.63) is 83.4 Å². The van der Waals surface area contributed by atoms with E-state index in [9.17, 15) is 24.3 Å². The normalized spacial score (nSPS) is 11.8. The monoisotopic (exact) mass is 360 g/mol. The van der Waals surface area contributed by atoms with Gasteiger partial charge in [-0.1, -0.05) is 24.3 Å². The molecule has 0 spiro atoms. The molecule has 5 aromatic rings. The van der Waals surface area contributed by atoms with E-state index in [2.05, 4.69) is 0 Å². The Hall–Kier alpha value is -3.38. The fraction of sp³-hybridized carbons (Fsp3) is 0. The van der Waals surface area contributed by atoms with Crippen molar-refractivity contribution in [2.75, 3.05) is 0 Å². The van der Waals surface area contributed by atoms with Crippen LogP contribution in [0.3, 0.4) is 0 Å². The third-order valence-electron chi connectivity index (χ3n) is 4.68. The van der Waals surface area contributed by atoms with Crippen LogP contribution < -0.4 is 21.7 Å². The summed E-state index contributed by atoms with van der Waals surface area (Å²) < 4.78 is 0.227. The SMILES string of the molecule is O=c1c2ccccc2c(=O)c2c1sc1c(=O)c3ccc(O)cc3c(=O)c12. The van der Waals surface area contributed by atoms with E-state index in [4.69, 9.17) is 0 Å². The first-order chi connectivity index (χ1) is 12.5. The minimum absolute atomic E-state index is 0.000966. The molecule has 0 fully saturated rings. The van der Waals surface area contributed by atoms with Gasteiger partial charge in [0.2, 0.25) is 10.9 Å². The summed E-state index contributed by atoms with van der Waals surface area (Å²) in [6.07, 6.45) is 0. The molecular formula is C20H8O5S. The van der Waals surface area contributed by atoms with Crippen molar-refractivity contribution in [1.29, 1.82) is 0 Å². The second-order valence-electron chi connectivity index (χ2n) is 6.10. The number of hydrogen-bond donors (Lipinski definition) is 1. The van der Waals surface area contributed by atoms with Crippen LogP contribution in [0.15, 0.2) is 61.6 Å². The van der Waals surface area contributed by atoms with Crippen LogP contribution in [0.25, 0.3) is 41.7 Å². The minimum Gasteiger partial charge on any atom is -0.508 e. The maximum Gasteiger partial charge on any atom is 0.204 e. The lowest BCUT2D eigenvalue weighted by atomic mass is 10.0. The molecule has 26 heavy (non-hydrogen) atoms. The molecule has 4 aromatic carbocycles. The molecule has 5 rings (SSSR count). The fourth-order valence-electron chi connectivity index (χ4n) is 3.50. The molecule has 0 saturated carbocycles. The van der Waals surface area contributed by atoms with Gasteiger partial charge in [-0.15, -0.1) is 11.3 Å². The van der Waals surface area contributed by atoms with E-state index in [0.29, 0.717) is 0 Å². The Labute approximate surface area is 147 Å². The largest absolute Gasteiger partial charge is 0.508 e. The van der Waals surface area contributed by atoms with E-state index in [1.165, 1.54) is 24.3 Å². The van der Waals surface area contributed by atoms with Crippen molar-refractivity contribution in [3.8, 4) is 5.75 Å². The molecule has 0 aliphatic carbocycles. The van der Waals surface area contributed by atoms with Gasteiger partial charge in [-0.2, -0.15) is 0 Å². The number of fused-ring (bicyclic) bond motifs is 5. The fourth-order valence-corrected chi connectivity index (χ4v) is 4.70. The third kappa shape index (κ3) is 1.69. The van der Waals surface area contributed by atoms with Crippen molar-refractivity contribution in [2.24, 2.45) is 0 Å². The molecule has 0 saturated heterocycles. The molecule has 1 N–H and O–H groups in total. The Morgan fingerprint density at radius 1 is 0.615 bits per heavy atom. The Kier molecular flexibility index (Phi) is 2.77. The van der Waals surface area contributed by atoms with Crippen LogP contribution >= 0.6 is 11.3 Å². The number of aromatic hydroxyl groups is 1. The molecule has 0 radical (unpaired) electrons. The molecule has 0 atom stereocenters. The van der Waals surface area contributed by atoms with Crippen molar-refractivity contribution in [2.45, 2.75) is 0 Å². The lowest BCUT2D eigenvalue weighted by Crippen LogP contribution is -2.15. The molecule has 0 aliphatic heterocycles. The highest BCUT2D eigenvalue weighted by atomic mass is 32.1. The number of phenols is 1. The van der Waals surface area contributed by atoms with E-state index in [0.717, 1.165) is 11.3 Å². The van der Waals surface area contributed by atoms with Gasteiger partial charge in [-0.05, 0) is 18.2 Å². The van der Waals surface area contributed by atoms with Gasteiger partial charge in [0.1, 0.15) is 5.75 Å². The van der Waals surface area contributed by atoms with Crippen LogP contribution in [0, 0.1) is 0 Å². The highest BCUT2D eigenvalue weighted by Crippen LogP contribution is 2.29. The van der Waals surface area contributed by atoms with E-state index in [1.54, 1.807) is 18.2 Å². The second-order valence-corrected chi connectivity index (χ2v) is 7.12. The average Bonchev–Trinajstić information content (AvgIpc) is 3.05. The van der Waals surface area contributed by atoms with Crippen LogP contribution in [-0.4, -0.2) is 5.11 Å². The summed E-state index contributed by atoms with van der Waals surface area (Å²) in [5, 5.41) is 10.4. The van der Waals surface area contributed by atoms with Crippen molar-refractivity contribution in [3.63, 3.8) is 0 Å². The maximum atomic E-state index is 13.0. The van der Waals surface area contributed by atoms with Crippen molar-refractivity contribution < 1.29 is 5.11 Å². The molecule has 0 bridgehead atoms. The topological polar surface area (TPSA) is 88.5 Å². The van der Waals surface area contributed by atoms with Gasteiger partial charge in [0, 0.05) is 21.5 Å². The zero-order valence-corrected chi connectivity index (χ0v) is 13.8. The zero-order chi connectivity index (χ0) is 18.2. The van der Waals surface area contributed by atoms with E-state index < -0.39 is 16.3 Å². The smallest absolute Gasteiger partial charge is 0.204 e. The Morgan fingerprint density at radius 2 is 1.12 bits per heavy atom. The minimum atomic E-state index is -0.525. The van der Waals surface area contributed by atoms with Crippen LogP contribution in [0.4, 0.5) is 0 Å². The zero-order valence-electron chi connectivity index (χ0n) is 13.0.